The maximum absolute atomic E-state index is 9.72. The lowest BCUT2D eigenvalue weighted by Crippen LogP contribution is -2.19. The number of benzene rings is 2. The maximum atomic E-state index is 9.72. The number of thiocarbonyl (C=S) groups is 1. The van der Waals surface area contributed by atoms with Gasteiger partial charge in [-0.15, -0.1) is 0 Å². The van der Waals surface area contributed by atoms with E-state index in [1.807, 2.05) is 36.4 Å². The molecule has 30 heavy (non-hydrogen) atoms. The number of aromatic nitrogens is 3. The Morgan fingerprint density at radius 3 is 2.53 bits per heavy atom. The fourth-order valence-electron chi connectivity index (χ4n) is 2.73. The van der Waals surface area contributed by atoms with Crippen molar-refractivity contribution in [1.82, 2.24) is 15.0 Å². The first-order valence-electron chi connectivity index (χ1n) is 9.01. The molecule has 0 fully saturated rings. The van der Waals surface area contributed by atoms with Gasteiger partial charge in [-0.25, -0.2) is 15.0 Å². The van der Waals surface area contributed by atoms with Gasteiger partial charge < -0.3 is 25.8 Å². The number of hydrogen-bond acceptors (Lipinski definition) is 7. The van der Waals surface area contributed by atoms with Crippen LogP contribution in [-0.4, -0.2) is 32.3 Å². The average molecular weight is 418 g/mol. The SMILES string of the molecule is COc1cc(Nc2cnc3ccc(NC(=S)Nc4ccccc4)nc3n2)ccc1O. The Labute approximate surface area is 178 Å². The third-order valence-corrected chi connectivity index (χ3v) is 4.34. The van der Waals surface area contributed by atoms with E-state index in [1.54, 1.807) is 24.4 Å². The number of methoxy groups -OCH3 is 1. The first-order valence-corrected chi connectivity index (χ1v) is 9.42. The first kappa shape index (κ1) is 19.3. The molecule has 2 heterocycles. The number of ether oxygens (including phenoxy) is 1. The van der Waals surface area contributed by atoms with Gasteiger partial charge in [0.15, 0.2) is 28.1 Å². The van der Waals surface area contributed by atoms with Crippen molar-refractivity contribution in [3.05, 3.63) is 66.9 Å². The molecule has 2 aromatic carbocycles. The van der Waals surface area contributed by atoms with Crippen LogP contribution in [0.2, 0.25) is 0 Å². The zero-order valence-corrected chi connectivity index (χ0v) is 16.8. The van der Waals surface area contributed by atoms with Crippen LogP contribution < -0.4 is 20.7 Å². The van der Waals surface area contributed by atoms with Gasteiger partial charge >= 0.3 is 0 Å². The van der Waals surface area contributed by atoms with Gasteiger partial charge in [0.2, 0.25) is 0 Å². The van der Waals surface area contributed by atoms with Crippen molar-refractivity contribution >= 4 is 51.5 Å². The van der Waals surface area contributed by atoms with Crippen molar-refractivity contribution in [1.29, 1.82) is 0 Å². The highest BCUT2D eigenvalue weighted by Crippen LogP contribution is 2.29. The smallest absolute Gasteiger partial charge is 0.182 e. The molecule has 0 spiro atoms. The average Bonchev–Trinajstić information content (AvgIpc) is 2.75. The van der Waals surface area contributed by atoms with Gasteiger partial charge in [-0.3, -0.25) is 0 Å². The number of pyridine rings is 1. The van der Waals surface area contributed by atoms with Crippen LogP contribution in [0.3, 0.4) is 0 Å². The standard InChI is InChI=1S/C21H18N6O2S/c1-29-17-11-14(7-9-16(17)28)23-19-12-22-15-8-10-18(25-20(15)26-19)27-21(30)24-13-5-3-2-4-6-13/h2-12,28H,1H3,(H3,23,24,25,26,27,30). The number of fused-ring (bicyclic) bond motifs is 1. The van der Waals surface area contributed by atoms with Crippen LogP contribution in [0.15, 0.2) is 66.9 Å². The molecule has 4 aromatic rings. The van der Waals surface area contributed by atoms with E-state index in [0.717, 1.165) is 5.69 Å². The molecular weight excluding hydrogens is 400 g/mol. The predicted molar refractivity (Wildman–Crippen MR) is 122 cm³/mol. The second-order valence-electron chi connectivity index (χ2n) is 6.25. The minimum atomic E-state index is 0.0603. The van der Waals surface area contributed by atoms with Crippen molar-refractivity contribution in [3.63, 3.8) is 0 Å². The van der Waals surface area contributed by atoms with E-state index in [9.17, 15) is 5.11 Å². The molecule has 0 aliphatic heterocycles. The molecule has 2 aromatic heterocycles. The Balaban J connectivity index is 1.51. The Bertz CT molecular complexity index is 1200. The fraction of sp³-hybridized carbons (Fsp3) is 0.0476. The summed E-state index contributed by atoms with van der Waals surface area (Å²) in [5.41, 5.74) is 2.68. The van der Waals surface area contributed by atoms with Crippen molar-refractivity contribution < 1.29 is 9.84 Å². The molecule has 0 saturated carbocycles. The summed E-state index contributed by atoms with van der Waals surface area (Å²) in [7, 11) is 1.49. The molecule has 0 aliphatic rings. The second-order valence-corrected chi connectivity index (χ2v) is 6.66. The van der Waals surface area contributed by atoms with Crippen LogP contribution in [0, 0.1) is 0 Å². The quantitative estimate of drug-likeness (QED) is 0.279. The van der Waals surface area contributed by atoms with Crippen molar-refractivity contribution in [2.45, 2.75) is 0 Å². The Morgan fingerprint density at radius 2 is 1.73 bits per heavy atom. The normalized spacial score (nSPS) is 10.4. The van der Waals surface area contributed by atoms with Crippen LogP contribution in [0.25, 0.3) is 11.2 Å². The molecule has 0 saturated heterocycles. The van der Waals surface area contributed by atoms with Gasteiger partial charge in [0.1, 0.15) is 11.3 Å². The maximum Gasteiger partial charge on any atom is 0.182 e. The van der Waals surface area contributed by atoms with Gasteiger partial charge in [-0.05, 0) is 48.6 Å². The van der Waals surface area contributed by atoms with E-state index >= 15 is 0 Å². The molecule has 0 unspecified atom stereocenters. The first-order chi connectivity index (χ1) is 14.6. The number of anilines is 4. The zero-order chi connectivity index (χ0) is 20.9. The van der Waals surface area contributed by atoms with Crippen LogP contribution >= 0.6 is 12.2 Å². The molecule has 150 valence electrons. The molecule has 0 radical (unpaired) electrons. The molecule has 0 atom stereocenters. The molecular formula is C21H18N6O2S. The third kappa shape index (κ3) is 4.53. The Morgan fingerprint density at radius 1 is 0.933 bits per heavy atom. The number of para-hydroxylation sites is 1. The van der Waals surface area contributed by atoms with E-state index < -0.39 is 0 Å². The lowest BCUT2D eigenvalue weighted by molar-refractivity contribution is 0.374. The highest BCUT2D eigenvalue weighted by molar-refractivity contribution is 7.80. The van der Waals surface area contributed by atoms with E-state index in [2.05, 4.69) is 30.9 Å². The number of hydrogen-bond donors (Lipinski definition) is 4. The summed E-state index contributed by atoms with van der Waals surface area (Å²) in [5.74, 6) is 1.47. The van der Waals surface area contributed by atoms with Gasteiger partial charge in [-0.2, -0.15) is 0 Å². The second kappa shape index (κ2) is 8.58. The molecule has 9 heteroatoms. The van der Waals surface area contributed by atoms with Crippen molar-refractivity contribution in [2.24, 2.45) is 0 Å². The molecule has 0 bridgehead atoms. The van der Waals surface area contributed by atoms with E-state index in [0.29, 0.717) is 39.3 Å². The summed E-state index contributed by atoms with van der Waals surface area (Å²) >= 11 is 5.34. The number of rotatable bonds is 5. The summed E-state index contributed by atoms with van der Waals surface area (Å²) < 4.78 is 5.12. The number of phenolic OH excluding ortho intramolecular Hbond substituents is 1. The van der Waals surface area contributed by atoms with Crippen LogP contribution in [0.5, 0.6) is 11.5 Å². The predicted octanol–water partition coefficient (Wildman–Crippen LogP) is 4.29. The zero-order valence-electron chi connectivity index (χ0n) is 16.0. The van der Waals surface area contributed by atoms with Crippen LogP contribution in [0.4, 0.5) is 23.0 Å². The third-order valence-electron chi connectivity index (χ3n) is 4.13. The number of nitrogens with zero attached hydrogens (tertiary/aromatic N) is 3. The number of nitrogens with one attached hydrogen (secondary N) is 3. The minimum Gasteiger partial charge on any atom is -0.504 e. The highest BCUT2D eigenvalue weighted by Gasteiger charge is 2.07. The topological polar surface area (TPSA) is 104 Å². The van der Waals surface area contributed by atoms with E-state index in [-0.39, 0.29) is 5.75 Å². The molecule has 0 aliphatic carbocycles. The van der Waals surface area contributed by atoms with E-state index in [1.165, 1.54) is 13.2 Å². The van der Waals surface area contributed by atoms with Gasteiger partial charge in [0.25, 0.3) is 0 Å². The van der Waals surface area contributed by atoms with Gasteiger partial charge in [0, 0.05) is 17.4 Å². The largest absolute Gasteiger partial charge is 0.504 e. The Hall–Kier alpha value is -3.98. The summed E-state index contributed by atoms with van der Waals surface area (Å²) in [5, 5.41) is 19.4. The molecule has 0 amide bonds. The molecule has 4 N–H and O–H groups in total. The van der Waals surface area contributed by atoms with Crippen LogP contribution in [-0.2, 0) is 0 Å². The van der Waals surface area contributed by atoms with E-state index in [4.69, 9.17) is 17.0 Å². The minimum absolute atomic E-state index is 0.0603. The van der Waals surface area contributed by atoms with Gasteiger partial charge in [-0.1, -0.05) is 18.2 Å². The summed E-state index contributed by atoms with van der Waals surface area (Å²) in [6.45, 7) is 0. The highest BCUT2D eigenvalue weighted by atomic mass is 32.1. The van der Waals surface area contributed by atoms with Crippen molar-refractivity contribution in [2.75, 3.05) is 23.1 Å². The molecule has 8 nitrogen and oxygen atoms in total. The lowest BCUT2D eigenvalue weighted by Gasteiger charge is -2.11. The molecule has 4 rings (SSSR count). The van der Waals surface area contributed by atoms with Gasteiger partial charge in [0.05, 0.1) is 13.3 Å². The summed E-state index contributed by atoms with van der Waals surface area (Å²) in [4.78, 5) is 13.4. The summed E-state index contributed by atoms with van der Waals surface area (Å²) in [6, 6.07) is 18.1. The lowest BCUT2D eigenvalue weighted by atomic mass is 10.2. The number of phenols is 1. The van der Waals surface area contributed by atoms with Crippen molar-refractivity contribution in [3.8, 4) is 11.5 Å². The fourth-order valence-corrected chi connectivity index (χ4v) is 2.95. The summed E-state index contributed by atoms with van der Waals surface area (Å²) in [6.07, 6.45) is 1.61. The van der Waals surface area contributed by atoms with Crippen LogP contribution in [0.1, 0.15) is 0 Å². The number of aromatic hydroxyl groups is 1. The Kier molecular flexibility index (Phi) is 5.53. The monoisotopic (exact) mass is 418 g/mol.